The number of fused-ring (bicyclic) bond motifs is 1. The van der Waals surface area contributed by atoms with E-state index in [0.717, 1.165) is 16.7 Å². The molecule has 2 aromatic carbocycles. The summed E-state index contributed by atoms with van der Waals surface area (Å²) in [6, 6.07) is 11.4. The fourth-order valence-electron chi connectivity index (χ4n) is 3.08. The molecule has 3 rings (SSSR count). The molecule has 0 aromatic heterocycles. The molecule has 2 atom stereocenters. The van der Waals surface area contributed by atoms with Crippen molar-refractivity contribution >= 4 is 5.78 Å². The molecule has 114 valence electrons. The second-order valence-electron chi connectivity index (χ2n) is 6.20. The second kappa shape index (κ2) is 4.87. The number of carbonyl (C=O) groups excluding carboxylic acids is 1. The van der Waals surface area contributed by atoms with Crippen LogP contribution in [-0.4, -0.2) is 10.9 Å². The maximum atomic E-state index is 12.8. The van der Waals surface area contributed by atoms with Crippen molar-refractivity contribution in [3.05, 3.63) is 58.7 Å². The number of phenols is 1. The second-order valence-corrected chi connectivity index (χ2v) is 6.20. The van der Waals surface area contributed by atoms with Gasteiger partial charge in [-0.25, -0.2) is 0 Å². The van der Waals surface area contributed by atoms with Crippen molar-refractivity contribution in [3.8, 4) is 11.5 Å². The summed E-state index contributed by atoms with van der Waals surface area (Å²) >= 11 is 0. The Kier molecular flexibility index (Phi) is 3.24. The number of phenolic OH excluding ortho intramolecular Hbond substituents is 1. The summed E-state index contributed by atoms with van der Waals surface area (Å²) in [7, 11) is 0. The third-order valence-electron chi connectivity index (χ3n) is 4.90. The van der Waals surface area contributed by atoms with Gasteiger partial charge in [-0.1, -0.05) is 37.3 Å². The molecule has 1 aliphatic rings. The van der Waals surface area contributed by atoms with E-state index >= 15 is 0 Å². The fourth-order valence-corrected chi connectivity index (χ4v) is 3.08. The van der Waals surface area contributed by atoms with Crippen LogP contribution in [0.1, 0.15) is 40.9 Å². The van der Waals surface area contributed by atoms with Crippen molar-refractivity contribution in [2.45, 2.75) is 33.3 Å². The minimum absolute atomic E-state index is 0.00469. The third kappa shape index (κ3) is 1.92. The van der Waals surface area contributed by atoms with E-state index in [-0.39, 0.29) is 17.5 Å². The summed E-state index contributed by atoms with van der Waals surface area (Å²) in [6.45, 7) is 7.61. The summed E-state index contributed by atoms with van der Waals surface area (Å²) in [4.78, 5) is 12.8. The Balaban J connectivity index is 2.24. The number of Topliss-reactive ketones (excluding diaryl/α,β-unsaturated/α-hetero) is 1. The Hall–Kier alpha value is -2.29. The van der Waals surface area contributed by atoms with E-state index in [2.05, 4.69) is 0 Å². The van der Waals surface area contributed by atoms with Gasteiger partial charge in [0.1, 0.15) is 22.7 Å². The smallest absolute Gasteiger partial charge is 0.177 e. The molecule has 1 aliphatic heterocycles. The lowest BCUT2D eigenvalue weighted by Crippen LogP contribution is -2.44. The SMILES string of the molecule is Cc1cc(O)c2c(c1C)OC(C)(c1ccccc1)C(C)C2=O. The van der Waals surface area contributed by atoms with Gasteiger partial charge in [0.05, 0.1) is 5.92 Å². The normalized spacial score (nSPS) is 23.8. The number of rotatable bonds is 1. The predicted molar refractivity (Wildman–Crippen MR) is 85.5 cm³/mol. The number of ketones is 1. The highest BCUT2D eigenvalue weighted by Crippen LogP contribution is 2.47. The zero-order valence-electron chi connectivity index (χ0n) is 13.3. The molecule has 2 aromatic rings. The number of carbonyl (C=O) groups is 1. The van der Waals surface area contributed by atoms with Crippen LogP contribution in [0.3, 0.4) is 0 Å². The summed E-state index contributed by atoms with van der Waals surface area (Å²) in [5, 5.41) is 10.2. The van der Waals surface area contributed by atoms with Crippen molar-refractivity contribution in [2.24, 2.45) is 5.92 Å². The number of aromatic hydroxyl groups is 1. The van der Waals surface area contributed by atoms with Crippen LogP contribution in [0.2, 0.25) is 0 Å². The van der Waals surface area contributed by atoms with E-state index in [1.165, 1.54) is 0 Å². The number of aryl methyl sites for hydroxylation is 1. The predicted octanol–water partition coefficient (Wildman–Crippen LogP) is 4.14. The van der Waals surface area contributed by atoms with Crippen LogP contribution < -0.4 is 4.74 Å². The van der Waals surface area contributed by atoms with Gasteiger partial charge in [0, 0.05) is 0 Å². The van der Waals surface area contributed by atoms with E-state index in [1.807, 2.05) is 58.0 Å². The van der Waals surface area contributed by atoms with Crippen LogP contribution >= 0.6 is 0 Å². The monoisotopic (exact) mass is 296 g/mol. The van der Waals surface area contributed by atoms with Crippen LogP contribution in [0, 0.1) is 19.8 Å². The van der Waals surface area contributed by atoms with Crippen molar-refractivity contribution in [1.82, 2.24) is 0 Å². The molecule has 0 spiro atoms. The first-order valence-corrected chi connectivity index (χ1v) is 7.48. The van der Waals surface area contributed by atoms with Crippen molar-refractivity contribution in [1.29, 1.82) is 0 Å². The van der Waals surface area contributed by atoms with Crippen LogP contribution in [0.25, 0.3) is 0 Å². The van der Waals surface area contributed by atoms with E-state index in [0.29, 0.717) is 11.3 Å². The quantitative estimate of drug-likeness (QED) is 0.860. The van der Waals surface area contributed by atoms with Gasteiger partial charge in [0.2, 0.25) is 0 Å². The van der Waals surface area contributed by atoms with Crippen LogP contribution in [0.5, 0.6) is 11.5 Å². The summed E-state index contributed by atoms with van der Waals surface area (Å²) in [6.07, 6.45) is 0. The fraction of sp³-hybridized carbons (Fsp3) is 0.316. The molecular weight excluding hydrogens is 276 g/mol. The zero-order valence-corrected chi connectivity index (χ0v) is 13.3. The van der Waals surface area contributed by atoms with E-state index in [1.54, 1.807) is 6.07 Å². The van der Waals surface area contributed by atoms with Crippen LogP contribution in [-0.2, 0) is 5.60 Å². The first-order chi connectivity index (χ1) is 10.4. The number of hydrogen-bond acceptors (Lipinski definition) is 3. The van der Waals surface area contributed by atoms with Crippen molar-refractivity contribution in [3.63, 3.8) is 0 Å². The maximum Gasteiger partial charge on any atom is 0.177 e. The zero-order chi connectivity index (χ0) is 16.1. The minimum atomic E-state index is -0.740. The highest BCUT2D eigenvalue weighted by Gasteiger charge is 2.46. The Labute approximate surface area is 130 Å². The number of benzene rings is 2. The molecule has 0 bridgehead atoms. The average Bonchev–Trinajstić information content (AvgIpc) is 2.51. The van der Waals surface area contributed by atoms with Crippen LogP contribution in [0.15, 0.2) is 36.4 Å². The maximum absolute atomic E-state index is 12.8. The highest BCUT2D eigenvalue weighted by atomic mass is 16.5. The van der Waals surface area contributed by atoms with Gasteiger partial charge in [-0.05, 0) is 43.5 Å². The largest absolute Gasteiger partial charge is 0.507 e. The average molecular weight is 296 g/mol. The molecule has 0 fully saturated rings. The standard InChI is InChI=1S/C19H20O3/c1-11-10-15(20)16-17(21)13(3)19(4,22-18(16)12(11)2)14-8-6-5-7-9-14/h5-10,13,20H,1-4H3. The van der Waals surface area contributed by atoms with Gasteiger partial charge in [-0.3, -0.25) is 4.79 Å². The van der Waals surface area contributed by atoms with Crippen molar-refractivity contribution in [2.75, 3.05) is 0 Å². The molecule has 22 heavy (non-hydrogen) atoms. The first kappa shape index (κ1) is 14.6. The van der Waals surface area contributed by atoms with Crippen molar-refractivity contribution < 1.29 is 14.6 Å². The molecule has 0 aliphatic carbocycles. The van der Waals surface area contributed by atoms with Crippen LogP contribution in [0.4, 0.5) is 0 Å². The van der Waals surface area contributed by atoms with Gasteiger partial charge in [0.25, 0.3) is 0 Å². The Morgan fingerprint density at radius 2 is 1.82 bits per heavy atom. The topological polar surface area (TPSA) is 46.5 Å². The number of ether oxygens (including phenoxy) is 1. The molecule has 0 radical (unpaired) electrons. The molecule has 2 unspecified atom stereocenters. The van der Waals surface area contributed by atoms with E-state index in [9.17, 15) is 9.90 Å². The van der Waals surface area contributed by atoms with Gasteiger partial charge in [0.15, 0.2) is 5.78 Å². The molecular formula is C19H20O3. The Bertz CT molecular complexity index is 749. The molecule has 1 heterocycles. The van der Waals surface area contributed by atoms with Gasteiger partial charge >= 0.3 is 0 Å². The molecule has 3 nitrogen and oxygen atoms in total. The third-order valence-corrected chi connectivity index (χ3v) is 4.90. The summed E-state index contributed by atoms with van der Waals surface area (Å²) in [5.41, 5.74) is 2.34. The molecule has 0 saturated carbocycles. The van der Waals surface area contributed by atoms with Gasteiger partial charge in [-0.15, -0.1) is 0 Å². The summed E-state index contributed by atoms with van der Waals surface area (Å²) < 4.78 is 6.30. The van der Waals surface area contributed by atoms with E-state index in [4.69, 9.17) is 4.74 Å². The van der Waals surface area contributed by atoms with Gasteiger partial charge < -0.3 is 9.84 Å². The lowest BCUT2D eigenvalue weighted by molar-refractivity contribution is 0.0155. The van der Waals surface area contributed by atoms with E-state index < -0.39 is 5.60 Å². The Morgan fingerprint density at radius 3 is 2.45 bits per heavy atom. The lowest BCUT2D eigenvalue weighted by Gasteiger charge is -2.41. The minimum Gasteiger partial charge on any atom is -0.507 e. The Morgan fingerprint density at radius 1 is 1.18 bits per heavy atom. The first-order valence-electron chi connectivity index (χ1n) is 7.48. The lowest BCUT2D eigenvalue weighted by atomic mass is 9.76. The molecule has 1 N–H and O–H groups in total. The number of hydrogen-bond donors (Lipinski definition) is 1. The molecule has 3 heteroatoms. The summed E-state index contributed by atoms with van der Waals surface area (Å²) in [5.74, 6) is 0.0561. The molecule has 0 saturated heterocycles. The van der Waals surface area contributed by atoms with Gasteiger partial charge in [-0.2, -0.15) is 0 Å². The molecule has 0 amide bonds. The highest BCUT2D eigenvalue weighted by molar-refractivity contribution is 6.04.